The van der Waals surface area contributed by atoms with Crippen molar-refractivity contribution in [2.75, 3.05) is 26.2 Å². The van der Waals surface area contributed by atoms with Crippen molar-refractivity contribution in [2.24, 2.45) is 0 Å². The van der Waals surface area contributed by atoms with Crippen molar-refractivity contribution in [3.63, 3.8) is 0 Å². The summed E-state index contributed by atoms with van der Waals surface area (Å²) in [5.74, 6) is -0.114. The quantitative estimate of drug-likeness (QED) is 0.686. The highest BCUT2D eigenvalue weighted by atomic mass is 32.2. The zero-order chi connectivity index (χ0) is 22.1. The molecule has 1 aliphatic rings. The molecule has 0 bridgehead atoms. The number of piperazine rings is 1. The molecule has 0 aromatic heterocycles. The fourth-order valence-corrected chi connectivity index (χ4v) is 5.05. The van der Waals surface area contributed by atoms with Crippen molar-refractivity contribution in [3.05, 3.63) is 65.2 Å². The molecule has 2 aromatic carbocycles. The van der Waals surface area contributed by atoms with E-state index in [1.165, 1.54) is 35.5 Å². The normalized spacial score (nSPS) is 15.8. The van der Waals surface area contributed by atoms with Crippen molar-refractivity contribution in [3.8, 4) is 0 Å². The molecule has 0 atom stereocenters. The first-order valence-electron chi connectivity index (χ1n) is 10.0. The minimum Gasteiger partial charge on any atom is -0.339 e. The van der Waals surface area contributed by atoms with Crippen LogP contribution in [-0.4, -0.2) is 55.5 Å². The highest BCUT2D eigenvalue weighted by Gasteiger charge is 2.37. The van der Waals surface area contributed by atoms with Crippen LogP contribution in [0.2, 0.25) is 0 Å². The first-order chi connectivity index (χ1) is 14.0. The number of ketones is 1. The number of nitrogens with zero attached hydrogens (tertiary/aromatic N) is 2. The molecule has 2 aromatic rings. The number of carbonyl (C=O) groups excluding carboxylic acids is 2. The molecule has 6 nitrogen and oxygen atoms in total. The van der Waals surface area contributed by atoms with E-state index in [0.717, 1.165) is 11.1 Å². The summed E-state index contributed by atoms with van der Waals surface area (Å²) in [6, 6.07) is 13.9. The number of Topliss-reactive ketones (excluding diaryl/α,β-unsaturated/α-hetero) is 1. The first kappa shape index (κ1) is 22.2. The topological polar surface area (TPSA) is 74.8 Å². The average Bonchev–Trinajstić information content (AvgIpc) is 2.73. The molecule has 1 saturated heterocycles. The van der Waals surface area contributed by atoms with E-state index >= 15 is 0 Å². The molecule has 3 rings (SSSR count). The van der Waals surface area contributed by atoms with Gasteiger partial charge in [-0.1, -0.05) is 42.0 Å². The minimum atomic E-state index is -3.66. The Morgan fingerprint density at radius 1 is 0.867 bits per heavy atom. The number of carbonyl (C=O) groups is 2. The summed E-state index contributed by atoms with van der Waals surface area (Å²) in [6.45, 7) is 8.43. The third kappa shape index (κ3) is 4.32. The number of hydrogen-bond acceptors (Lipinski definition) is 4. The van der Waals surface area contributed by atoms with Crippen LogP contribution in [0.4, 0.5) is 0 Å². The summed E-state index contributed by atoms with van der Waals surface area (Å²) in [5.41, 5.74) is 1.87. The smallest absolute Gasteiger partial charge is 0.243 e. The van der Waals surface area contributed by atoms with Crippen LogP contribution in [0.1, 0.15) is 42.3 Å². The van der Waals surface area contributed by atoms with Gasteiger partial charge in [0.1, 0.15) is 0 Å². The van der Waals surface area contributed by atoms with Crippen LogP contribution in [0.5, 0.6) is 0 Å². The first-order valence-corrected chi connectivity index (χ1v) is 11.4. The lowest BCUT2D eigenvalue weighted by molar-refractivity contribution is -0.137. The highest BCUT2D eigenvalue weighted by Crippen LogP contribution is 2.27. The zero-order valence-electron chi connectivity index (χ0n) is 17.9. The van der Waals surface area contributed by atoms with E-state index in [1.807, 2.05) is 45.0 Å². The molecule has 0 N–H and O–H groups in total. The van der Waals surface area contributed by atoms with Gasteiger partial charge in [0.25, 0.3) is 0 Å². The van der Waals surface area contributed by atoms with Crippen molar-refractivity contribution in [1.29, 1.82) is 0 Å². The Morgan fingerprint density at radius 2 is 1.40 bits per heavy atom. The largest absolute Gasteiger partial charge is 0.339 e. The zero-order valence-corrected chi connectivity index (χ0v) is 18.7. The van der Waals surface area contributed by atoms with E-state index in [0.29, 0.717) is 18.7 Å². The molecule has 1 fully saturated rings. The fraction of sp³-hybridized carbons (Fsp3) is 0.391. The second-order valence-electron chi connectivity index (χ2n) is 8.27. The summed E-state index contributed by atoms with van der Waals surface area (Å²) >= 11 is 0. The lowest BCUT2D eigenvalue weighted by Gasteiger charge is -2.38. The van der Waals surface area contributed by atoms with E-state index < -0.39 is 15.4 Å². The predicted octanol–water partition coefficient (Wildman–Crippen LogP) is 3.01. The van der Waals surface area contributed by atoms with E-state index in [2.05, 4.69) is 0 Å². The summed E-state index contributed by atoms with van der Waals surface area (Å²) in [5, 5.41) is 0. The van der Waals surface area contributed by atoms with Gasteiger partial charge in [0.2, 0.25) is 15.9 Å². The van der Waals surface area contributed by atoms with E-state index in [1.54, 1.807) is 4.90 Å². The van der Waals surface area contributed by atoms with Crippen LogP contribution in [0, 0.1) is 6.92 Å². The Balaban J connectivity index is 1.69. The SMILES string of the molecule is CC(=O)c1ccc(S(=O)(=O)N2CCN(C(=O)C(C)(C)c3ccc(C)cc3)CC2)cc1. The van der Waals surface area contributed by atoms with Gasteiger partial charge < -0.3 is 4.90 Å². The Bertz CT molecular complexity index is 1030. The monoisotopic (exact) mass is 428 g/mol. The van der Waals surface area contributed by atoms with Crippen LogP contribution < -0.4 is 0 Å². The molecular weight excluding hydrogens is 400 g/mol. The molecule has 0 saturated carbocycles. The lowest BCUT2D eigenvalue weighted by atomic mass is 9.82. The molecule has 7 heteroatoms. The van der Waals surface area contributed by atoms with Gasteiger partial charge in [0.15, 0.2) is 5.78 Å². The number of aryl methyl sites for hydroxylation is 1. The fourth-order valence-electron chi connectivity index (χ4n) is 3.63. The third-order valence-corrected chi connectivity index (χ3v) is 7.65. The maximum atomic E-state index is 13.2. The van der Waals surface area contributed by atoms with E-state index in [-0.39, 0.29) is 29.7 Å². The molecule has 1 amide bonds. The maximum Gasteiger partial charge on any atom is 0.243 e. The predicted molar refractivity (Wildman–Crippen MR) is 116 cm³/mol. The number of hydrogen-bond donors (Lipinski definition) is 0. The minimum absolute atomic E-state index is 0.00536. The molecule has 1 heterocycles. The molecule has 0 radical (unpaired) electrons. The summed E-state index contributed by atoms with van der Waals surface area (Å²) in [6.07, 6.45) is 0. The van der Waals surface area contributed by atoms with Crippen molar-refractivity contribution >= 4 is 21.7 Å². The Morgan fingerprint density at radius 3 is 1.90 bits per heavy atom. The van der Waals surface area contributed by atoms with Gasteiger partial charge in [-0.05, 0) is 45.4 Å². The molecule has 1 aliphatic heterocycles. The van der Waals surface area contributed by atoms with Gasteiger partial charge in [-0.15, -0.1) is 0 Å². The molecule has 0 unspecified atom stereocenters. The molecular formula is C23H28N2O4S. The number of benzene rings is 2. The average molecular weight is 429 g/mol. The number of sulfonamides is 1. The Hall–Kier alpha value is -2.51. The molecule has 160 valence electrons. The van der Waals surface area contributed by atoms with Crippen LogP contribution in [0.15, 0.2) is 53.4 Å². The van der Waals surface area contributed by atoms with Gasteiger partial charge >= 0.3 is 0 Å². The van der Waals surface area contributed by atoms with Gasteiger partial charge in [0.05, 0.1) is 10.3 Å². The van der Waals surface area contributed by atoms with Crippen LogP contribution in [-0.2, 0) is 20.2 Å². The van der Waals surface area contributed by atoms with Gasteiger partial charge in [-0.2, -0.15) is 4.31 Å². The second-order valence-corrected chi connectivity index (χ2v) is 10.2. The van der Waals surface area contributed by atoms with Gasteiger partial charge in [-0.25, -0.2) is 8.42 Å². The highest BCUT2D eigenvalue weighted by molar-refractivity contribution is 7.89. The maximum absolute atomic E-state index is 13.2. The number of amides is 1. The molecule has 0 aliphatic carbocycles. The van der Waals surface area contributed by atoms with Crippen molar-refractivity contribution < 1.29 is 18.0 Å². The van der Waals surface area contributed by atoms with Crippen molar-refractivity contribution in [1.82, 2.24) is 9.21 Å². The Kier molecular flexibility index (Phi) is 6.15. The van der Waals surface area contributed by atoms with E-state index in [4.69, 9.17) is 0 Å². The van der Waals surface area contributed by atoms with E-state index in [9.17, 15) is 18.0 Å². The van der Waals surface area contributed by atoms with Crippen molar-refractivity contribution in [2.45, 2.75) is 38.0 Å². The molecule has 0 spiro atoms. The summed E-state index contributed by atoms with van der Waals surface area (Å²) in [7, 11) is -3.66. The third-order valence-electron chi connectivity index (χ3n) is 5.73. The second kappa shape index (κ2) is 8.32. The van der Waals surface area contributed by atoms with Gasteiger partial charge in [-0.3, -0.25) is 9.59 Å². The lowest BCUT2D eigenvalue weighted by Crippen LogP contribution is -2.54. The number of rotatable bonds is 5. The summed E-state index contributed by atoms with van der Waals surface area (Å²) < 4.78 is 27.3. The summed E-state index contributed by atoms with van der Waals surface area (Å²) in [4.78, 5) is 26.5. The van der Waals surface area contributed by atoms with Crippen LogP contribution in [0.25, 0.3) is 0 Å². The molecule has 30 heavy (non-hydrogen) atoms. The standard InChI is InChI=1S/C23H28N2O4S/c1-17-5-9-20(10-6-17)23(3,4)22(27)24-13-15-25(16-14-24)30(28,29)21-11-7-19(8-12-21)18(2)26/h5-12H,13-16H2,1-4H3. The Labute approximate surface area is 178 Å². The van der Waals surface area contributed by atoms with Crippen LogP contribution in [0.3, 0.4) is 0 Å². The van der Waals surface area contributed by atoms with Gasteiger partial charge in [0, 0.05) is 31.7 Å². The van der Waals surface area contributed by atoms with Crippen LogP contribution >= 0.6 is 0 Å².